The van der Waals surface area contributed by atoms with Crippen molar-refractivity contribution in [2.24, 2.45) is 5.41 Å². The van der Waals surface area contributed by atoms with Gasteiger partial charge in [0.1, 0.15) is 5.78 Å². The fourth-order valence-corrected chi connectivity index (χ4v) is 1.89. The zero-order valence-corrected chi connectivity index (χ0v) is 11.4. The van der Waals surface area contributed by atoms with Gasteiger partial charge >= 0.3 is 0 Å². The standard InChI is InChI=1S/C16H19NO/c1-11-8-9-12-6-5-7-13(15(12)17-11)10-14(18)16(2,3)4/h5-9H,10H2,1-4H3. The highest BCUT2D eigenvalue weighted by atomic mass is 16.1. The van der Waals surface area contributed by atoms with Gasteiger partial charge in [-0.05, 0) is 18.6 Å². The Morgan fingerprint density at radius 1 is 1.17 bits per heavy atom. The van der Waals surface area contributed by atoms with Gasteiger partial charge in [-0.25, -0.2) is 0 Å². The van der Waals surface area contributed by atoms with E-state index in [1.807, 2.05) is 52.0 Å². The third-order valence-electron chi connectivity index (χ3n) is 3.13. The number of rotatable bonds is 2. The summed E-state index contributed by atoms with van der Waals surface area (Å²) < 4.78 is 0. The Kier molecular flexibility index (Phi) is 3.20. The summed E-state index contributed by atoms with van der Waals surface area (Å²) in [7, 11) is 0. The Balaban J connectivity index is 2.45. The smallest absolute Gasteiger partial charge is 0.142 e. The van der Waals surface area contributed by atoms with E-state index in [-0.39, 0.29) is 11.2 Å². The lowest BCUT2D eigenvalue weighted by Crippen LogP contribution is -2.22. The summed E-state index contributed by atoms with van der Waals surface area (Å²) in [5, 5.41) is 1.10. The van der Waals surface area contributed by atoms with E-state index >= 15 is 0 Å². The van der Waals surface area contributed by atoms with Crippen LogP contribution in [0.4, 0.5) is 0 Å². The number of hydrogen-bond acceptors (Lipinski definition) is 2. The van der Waals surface area contributed by atoms with Crippen LogP contribution in [0.2, 0.25) is 0 Å². The van der Waals surface area contributed by atoms with Crippen LogP contribution in [0.5, 0.6) is 0 Å². The van der Waals surface area contributed by atoms with Crippen molar-refractivity contribution in [3.05, 3.63) is 41.6 Å². The van der Waals surface area contributed by atoms with E-state index in [2.05, 4.69) is 11.1 Å². The lowest BCUT2D eigenvalue weighted by molar-refractivity contribution is -0.125. The zero-order chi connectivity index (χ0) is 13.3. The Labute approximate surface area is 108 Å². The topological polar surface area (TPSA) is 30.0 Å². The highest BCUT2D eigenvalue weighted by Gasteiger charge is 2.22. The number of aryl methyl sites for hydroxylation is 1. The summed E-state index contributed by atoms with van der Waals surface area (Å²) in [6, 6.07) is 10.1. The molecule has 0 unspecified atom stereocenters. The number of carbonyl (C=O) groups is 1. The van der Waals surface area contributed by atoms with Crippen molar-refractivity contribution in [2.75, 3.05) is 0 Å². The van der Waals surface area contributed by atoms with Gasteiger partial charge in [0, 0.05) is 22.9 Å². The van der Waals surface area contributed by atoms with Crippen LogP contribution in [0.1, 0.15) is 32.0 Å². The van der Waals surface area contributed by atoms with Crippen molar-refractivity contribution in [3.63, 3.8) is 0 Å². The molecule has 0 radical (unpaired) electrons. The Morgan fingerprint density at radius 2 is 1.89 bits per heavy atom. The van der Waals surface area contributed by atoms with Gasteiger partial charge in [0.15, 0.2) is 0 Å². The molecule has 94 valence electrons. The molecule has 0 saturated carbocycles. The molecule has 0 aliphatic rings. The van der Waals surface area contributed by atoms with Crippen molar-refractivity contribution in [1.29, 1.82) is 0 Å². The van der Waals surface area contributed by atoms with Crippen molar-refractivity contribution in [2.45, 2.75) is 34.1 Å². The molecule has 0 fully saturated rings. The molecule has 0 spiro atoms. The summed E-state index contributed by atoms with van der Waals surface area (Å²) in [4.78, 5) is 16.7. The molecule has 2 rings (SSSR count). The molecule has 18 heavy (non-hydrogen) atoms. The molecule has 2 nitrogen and oxygen atoms in total. The van der Waals surface area contributed by atoms with Gasteiger partial charge in [0.05, 0.1) is 5.52 Å². The van der Waals surface area contributed by atoms with Crippen molar-refractivity contribution >= 4 is 16.7 Å². The number of aromatic nitrogens is 1. The van der Waals surface area contributed by atoms with Crippen LogP contribution in [0, 0.1) is 12.3 Å². The summed E-state index contributed by atoms with van der Waals surface area (Å²) in [6.07, 6.45) is 0.456. The molecule has 0 N–H and O–H groups in total. The first-order valence-corrected chi connectivity index (χ1v) is 6.26. The first kappa shape index (κ1) is 12.7. The predicted molar refractivity (Wildman–Crippen MR) is 74.6 cm³/mol. The minimum absolute atomic E-state index is 0.248. The van der Waals surface area contributed by atoms with E-state index in [9.17, 15) is 4.79 Å². The molecule has 2 heteroatoms. The summed E-state index contributed by atoms with van der Waals surface area (Å²) in [5.74, 6) is 0.248. The van der Waals surface area contributed by atoms with Gasteiger partial charge in [-0.3, -0.25) is 9.78 Å². The number of nitrogens with zero attached hydrogens (tertiary/aromatic N) is 1. The summed E-state index contributed by atoms with van der Waals surface area (Å²) in [5.41, 5.74) is 2.66. The second-order valence-electron chi connectivity index (χ2n) is 5.79. The monoisotopic (exact) mass is 241 g/mol. The van der Waals surface area contributed by atoms with Crippen LogP contribution < -0.4 is 0 Å². The maximum absolute atomic E-state index is 12.1. The number of benzene rings is 1. The number of pyridine rings is 1. The van der Waals surface area contributed by atoms with E-state index in [1.165, 1.54) is 0 Å². The molecule has 1 heterocycles. The molecule has 0 atom stereocenters. The quantitative estimate of drug-likeness (QED) is 0.802. The third-order valence-corrected chi connectivity index (χ3v) is 3.13. The average molecular weight is 241 g/mol. The molecule has 1 aromatic heterocycles. The van der Waals surface area contributed by atoms with Gasteiger partial charge in [-0.15, -0.1) is 0 Å². The van der Waals surface area contributed by atoms with Crippen molar-refractivity contribution in [1.82, 2.24) is 4.98 Å². The molecular weight excluding hydrogens is 222 g/mol. The molecule has 0 amide bonds. The highest BCUT2D eigenvalue weighted by molar-refractivity contribution is 5.91. The molecule has 0 bridgehead atoms. The number of ketones is 1. The van der Waals surface area contributed by atoms with Gasteiger partial charge in [0.25, 0.3) is 0 Å². The first-order chi connectivity index (χ1) is 8.38. The lowest BCUT2D eigenvalue weighted by Gasteiger charge is -2.17. The van der Waals surface area contributed by atoms with E-state index in [0.717, 1.165) is 22.2 Å². The fraction of sp³-hybridized carbons (Fsp3) is 0.375. The van der Waals surface area contributed by atoms with Crippen LogP contribution in [-0.2, 0) is 11.2 Å². The fourth-order valence-electron chi connectivity index (χ4n) is 1.89. The number of Topliss-reactive ketones (excluding diaryl/α,β-unsaturated/α-hetero) is 1. The van der Waals surface area contributed by atoms with Crippen molar-refractivity contribution < 1.29 is 4.79 Å². The normalized spacial score (nSPS) is 11.8. The molecule has 2 aromatic rings. The van der Waals surface area contributed by atoms with E-state index in [4.69, 9.17) is 0 Å². The van der Waals surface area contributed by atoms with Crippen LogP contribution in [0.25, 0.3) is 10.9 Å². The minimum atomic E-state index is -0.300. The van der Waals surface area contributed by atoms with Gasteiger partial charge < -0.3 is 0 Å². The number of carbonyl (C=O) groups excluding carboxylic acids is 1. The second-order valence-corrected chi connectivity index (χ2v) is 5.79. The SMILES string of the molecule is Cc1ccc2cccc(CC(=O)C(C)(C)C)c2n1. The second kappa shape index (κ2) is 4.52. The van der Waals surface area contributed by atoms with Gasteiger partial charge in [-0.1, -0.05) is 45.0 Å². The Hall–Kier alpha value is -1.70. The van der Waals surface area contributed by atoms with Crippen molar-refractivity contribution in [3.8, 4) is 0 Å². The van der Waals surface area contributed by atoms with E-state index < -0.39 is 0 Å². The molecule has 0 aliphatic heterocycles. The van der Waals surface area contributed by atoms with Crippen LogP contribution >= 0.6 is 0 Å². The number of hydrogen-bond donors (Lipinski definition) is 0. The maximum Gasteiger partial charge on any atom is 0.142 e. The van der Waals surface area contributed by atoms with Gasteiger partial charge in [-0.2, -0.15) is 0 Å². The molecular formula is C16H19NO. The number of para-hydroxylation sites is 1. The minimum Gasteiger partial charge on any atom is -0.299 e. The number of fused-ring (bicyclic) bond motifs is 1. The van der Waals surface area contributed by atoms with Crippen LogP contribution in [-0.4, -0.2) is 10.8 Å². The first-order valence-electron chi connectivity index (χ1n) is 6.26. The van der Waals surface area contributed by atoms with Crippen LogP contribution in [0.15, 0.2) is 30.3 Å². The largest absolute Gasteiger partial charge is 0.299 e. The van der Waals surface area contributed by atoms with Crippen LogP contribution in [0.3, 0.4) is 0 Å². The van der Waals surface area contributed by atoms with E-state index in [0.29, 0.717) is 6.42 Å². The zero-order valence-electron chi connectivity index (χ0n) is 11.4. The van der Waals surface area contributed by atoms with Gasteiger partial charge in [0.2, 0.25) is 0 Å². The maximum atomic E-state index is 12.1. The Bertz CT molecular complexity index is 594. The van der Waals surface area contributed by atoms with E-state index in [1.54, 1.807) is 0 Å². The predicted octanol–water partition coefficient (Wildman–Crippen LogP) is 3.70. The summed E-state index contributed by atoms with van der Waals surface area (Å²) >= 11 is 0. The lowest BCUT2D eigenvalue weighted by atomic mass is 9.86. The molecule has 1 aromatic carbocycles. The third kappa shape index (κ3) is 2.58. The molecule has 0 saturated heterocycles. The average Bonchev–Trinajstić information content (AvgIpc) is 2.28. The summed E-state index contributed by atoms with van der Waals surface area (Å²) in [6.45, 7) is 7.85. The highest BCUT2D eigenvalue weighted by Crippen LogP contribution is 2.22. The molecule has 0 aliphatic carbocycles. The Morgan fingerprint density at radius 3 is 2.56 bits per heavy atom.